The van der Waals surface area contributed by atoms with E-state index in [1.54, 1.807) is 0 Å². The zero-order chi connectivity index (χ0) is 21.2. The molecule has 1 amide bonds. The second-order valence-electron chi connectivity index (χ2n) is 8.44. The molecule has 2 heterocycles. The van der Waals surface area contributed by atoms with Crippen molar-refractivity contribution in [1.29, 1.82) is 0 Å². The Morgan fingerprint density at radius 2 is 1.68 bits per heavy atom. The van der Waals surface area contributed by atoms with Crippen molar-refractivity contribution < 1.29 is 4.79 Å². The number of aryl methyl sites for hydroxylation is 3. The van der Waals surface area contributed by atoms with Gasteiger partial charge in [-0.05, 0) is 49.6 Å². The normalized spacial score (nSPS) is 16.4. The summed E-state index contributed by atoms with van der Waals surface area (Å²) in [7, 11) is 0. The predicted molar refractivity (Wildman–Crippen MR) is 125 cm³/mol. The summed E-state index contributed by atoms with van der Waals surface area (Å²) in [6.45, 7) is 3.65. The minimum absolute atomic E-state index is 0.109. The lowest BCUT2D eigenvalue weighted by atomic mass is 10.1. The van der Waals surface area contributed by atoms with E-state index in [0.717, 1.165) is 41.9 Å². The minimum atomic E-state index is 0.109. The van der Waals surface area contributed by atoms with Gasteiger partial charge in [0.15, 0.2) is 0 Å². The molecule has 1 aliphatic rings. The van der Waals surface area contributed by atoms with Gasteiger partial charge in [0.2, 0.25) is 5.91 Å². The van der Waals surface area contributed by atoms with E-state index in [4.69, 9.17) is 4.98 Å². The van der Waals surface area contributed by atoms with E-state index in [1.165, 1.54) is 11.1 Å². The van der Waals surface area contributed by atoms with Crippen LogP contribution in [0.2, 0.25) is 0 Å². The largest absolute Gasteiger partial charge is 0.328 e. The highest BCUT2D eigenvalue weighted by Crippen LogP contribution is 2.33. The molecule has 0 aliphatic carbocycles. The van der Waals surface area contributed by atoms with Crippen molar-refractivity contribution in [2.24, 2.45) is 0 Å². The van der Waals surface area contributed by atoms with Crippen LogP contribution in [-0.2, 0) is 17.8 Å². The maximum Gasteiger partial charge on any atom is 0.227 e. The lowest BCUT2D eigenvalue weighted by Crippen LogP contribution is -2.24. The van der Waals surface area contributed by atoms with Gasteiger partial charge in [-0.2, -0.15) is 0 Å². The van der Waals surface area contributed by atoms with Crippen LogP contribution in [0.3, 0.4) is 0 Å². The van der Waals surface area contributed by atoms with Crippen molar-refractivity contribution in [3.05, 3.63) is 95.8 Å². The van der Waals surface area contributed by atoms with Gasteiger partial charge in [0.1, 0.15) is 5.82 Å². The maximum atomic E-state index is 12.9. The van der Waals surface area contributed by atoms with E-state index in [1.807, 2.05) is 23.1 Å². The van der Waals surface area contributed by atoms with Gasteiger partial charge in [0, 0.05) is 31.1 Å². The molecule has 1 unspecified atom stereocenters. The Morgan fingerprint density at radius 1 is 0.935 bits per heavy atom. The number of imidazole rings is 1. The van der Waals surface area contributed by atoms with Gasteiger partial charge in [-0.3, -0.25) is 4.79 Å². The number of carbonyl (C=O) groups is 1. The number of anilines is 1. The lowest BCUT2D eigenvalue weighted by molar-refractivity contribution is -0.117. The van der Waals surface area contributed by atoms with Crippen molar-refractivity contribution in [1.82, 2.24) is 9.55 Å². The fraction of sp³-hybridized carbons (Fsp3) is 0.259. The maximum absolute atomic E-state index is 12.9. The summed E-state index contributed by atoms with van der Waals surface area (Å²) in [5.41, 5.74) is 5.71. The van der Waals surface area contributed by atoms with Crippen LogP contribution in [0.1, 0.15) is 35.7 Å². The van der Waals surface area contributed by atoms with Crippen LogP contribution in [-0.4, -0.2) is 22.0 Å². The number of para-hydroxylation sites is 2. The van der Waals surface area contributed by atoms with Gasteiger partial charge in [-0.25, -0.2) is 4.98 Å². The molecule has 0 radical (unpaired) electrons. The zero-order valence-electron chi connectivity index (χ0n) is 17.9. The van der Waals surface area contributed by atoms with Gasteiger partial charge in [-0.1, -0.05) is 60.2 Å². The summed E-state index contributed by atoms with van der Waals surface area (Å²) >= 11 is 0. The average molecular weight is 410 g/mol. The lowest BCUT2D eigenvalue weighted by Gasteiger charge is -2.17. The number of benzene rings is 3. The van der Waals surface area contributed by atoms with Gasteiger partial charge in [-0.15, -0.1) is 0 Å². The summed E-state index contributed by atoms with van der Waals surface area (Å²) in [4.78, 5) is 19.8. The fourth-order valence-corrected chi connectivity index (χ4v) is 4.58. The van der Waals surface area contributed by atoms with E-state index < -0.39 is 0 Å². The van der Waals surface area contributed by atoms with Crippen LogP contribution < -0.4 is 4.90 Å². The molecule has 5 rings (SSSR count). The van der Waals surface area contributed by atoms with Crippen LogP contribution in [0.5, 0.6) is 0 Å². The van der Waals surface area contributed by atoms with Gasteiger partial charge in [0.25, 0.3) is 0 Å². The first kappa shape index (κ1) is 19.6. The molecule has 1 aromatic heterocycles. The van der Waals surface area contributed by atoms with Crippen LogP contribution in [0.25, 0.3) is 11.0 Å². The molecule has 0 bridgehead atoms. The van der Waals surface area contributed by atoms with Crippen LogP contribution in [0.15, 0.2) is 78.9 Å². The van der Waals surface area contributed by atoms with Crippen LogP contribution >= 0.6 is 0 Å². The molecular weight excluding hydrogens is 382 g/mol. The topological polar surface area (TPSA) is 38.1 Å². The number of rotatable bonds is 6. The smallest absolute Gasteiger partial charge is 0.227 e. The molecule has 1 aliphatic heterocycles. The van der Waals surface area contributed by atoms with Crippen LogP contribution in [0.4, 0.5) is 5.69 Å². The third-order valence-corrected chi connectivity index (χ3v) is 6.21. The Balaban J connectivity index is 1.40. The molecule has 4 nitrogen and oxygen atoms in total. The molecule has 156 valence electrons. The molecular formula is C27H27N3O. The third kappa shape index (κ3) is 3.98. The summed E-state index contributed by atoms with van der Waals surface area (Å²) in [5.74, 6) is 1.33. The molecule has 1 atom stereocenters. The summed E-state index contributed by atoms with van der Waals surface area (Å²) in [6, 6.07) is 27.1. The first-order valence-electron chi connectivity index (χ1n) is 11.0. The van der Waals surface area contributed by atoms with Gasteiger partial charge in [0.05, 0.1) is 11.0 Å². The van der Waals surface area contributed by atoms with Crippen molar-refractivity contribution in [3.63, 3.8) is 0 Å². The van der Waals surface area contributed by atoms with Crippen molar-refractivity contribution in [2.75, 3.05) is 11.4 Å². The highest BCUT2D eigenvalue weighted by Gasteiger charge is 2.34. The zero-order valence-corrected chi connectivity index (χ0v) is 17.9. The minimum Gasteiger partial charge on any atom is -0.328 e. The fourth-order valence-electron chi connectivity index (χ4n) is 4.58. The average Bonchev–Trinajstić information content (AvgIpc) is 3.36. The Kier molecular flexibility index (Phi) is 5.29. The quantitative estimate of drug-likeness (QED) is 0.422. The first-order valence-corrected chi connectivity index (χ1v) is 11.0. The van der Waals surface area contributed by atoms with E-state index in [0.29, 0.717) is 13.0 Å². The van der Waals surface area contributed by atoms with E-state index >= 15 is 0 Å². The molecule has 3 aromatic carbocycles. The number of nitrogens with zero attached hydrogens (tertiary/aromatic N) is 3. The van der Waals surface area contributed by atoms with Crippen LogP contribution in [0, 0.1) is 6.92 Å². The first-order chi connectivity index (χ1) is 15.2. The summed E-state index contributed by atoms with van der Waals surface area (Å²) < 4.78 is 2.34. The molecule has 1 saturated heterocycles. The molecule has 4 aromatic rings. The molecule has 1 fully saturated rings. The highest BCUT2D eigenvalue weighted by atomic mass is 16.2. The van der Waals surface area contributed by atoms with Gasteiger partial charge >= 0.3 is 0 Å². The molecule has 31 heavy (non-hydrogen) atoms. The second kappa shape index (κ2) is 8.38. The van der Waals surface area contributed by atoms with E-state index in [2.05, 4.69) is 72.2 Å². The number of carbonyl (C=O) groups excluding carboxylic acids is 1. The number of fused-ring (bicyclic) bond motifs is 1. The Bertz CT molecular complexity index is 1190. The Hall–Kier alpha value is -3.40. The SMILES string of the molecule is Cc1ccc(N2CC(c3nc4ccccc4n3CCCc3ccccc3)CC2=O)cc1. The summed E-state index contributed by atoms with van der Waals surface area (Å²) in [6.07, 6.45) is 2.58. The molecule has 0 saturated carbocycles. The Morgan fingerprint density at radius 3 is 2.48 bits per heavy atom. The highest BCUT2D eigenvalue weighted by molar-refractivity contribution is 5.96. The predicted octanol–water partition coefficient (Wildman–Crippen LogP) is 5.50. The third-order valence-electron chi connectivity index (χ3n) is 6.21. The molecule has 0 spiro atoms. The van der Waals surface area contributed by atoms with Crippen molar-refractivity contribution in [2.45, 2.75) is 38.6 Å². The number of hydrogen-bond donors (Lipinski definition) is 0. The number of amides is 1. The second-order valence-corrected chi connectivity index (χ2v) is 8.44. The molecule has 0 N–H and O–H groups in total. The Labute approximate surface area is 183 Å². The van der Waals surface area contributed by atoms with E-state index in [-0.39, 0.29) is 11.8 Å². The van der Waals surface area contributed by atoms with Crippen molar-refractivity contribution >= 4 is 22.6 Å². The monoisotopic (exact) mass is 409 g/mol. The van der Waals surface area contributed by atoms with Gasteiger partial charge < -0.3 is 9.47 Å². The summed E-state index contributed by atoms with van der Waals surface area (Å²) in [5, 5.41) is 0. The number of aromatic nitrogens is 2. The number of hydrogen-bond acceptors (Lipinski definition) is 2. The van der Waals surface area contributed by atoms with Crippen molar-refractivity contribution in [3.8, 4) is 0 Å². The van der Waals surface area contributed by atoms with E-state index in [9.17, 15) is 4.79 Å². The standard InChI is InChI=1S/C27H27N3O/c1-20-13-15-23(16-14-20)30-19-22(18-26(30)31)27-28-24-11-5-6-12-25(24)29(27)17-7-10-21-8-3-2-4-9-21/h2-6,8-9,11-16,22H,7,10,17-19H2,1H3. The molecule has 4 heteroatoms.